The van der Waals surface area contributed by atoms with Gasteiger partial charge >= 0.3 is 7.12 Å². The van der Waals surface area contributed by atoms with E-state index >= 15 is 0 Å². The van der Waals surface area contributed by atoms with Crippen molar-refractivity contribution in [2.24, 2.45) is 0 Å². The van der Waals surface area contributed by atoms with Crippen LogP contribution in [0, 0.1) is 0 Å². The van der Waals surface area contributed by atoms with Gasteiger partial charge in [-0.1, -0.05) is 12.1 Å². The summed E-state index contributed by atoms with van der Waals surface area (Å²) in [6, 6.07) is 8.14. The molecule has 2 heterocycles. The molecule has 124 valence electrons. The summed E-state index contributed by atoms with van der Waals surface area (Å²) in [5.41, 5.74) is 1.40. The second-order valence-corrected chi connectivity index (χ2v) is 7.42. The van der Waals surface area contributed by atoms with E-state index in [1.54, 1.807) is 4.90 Å². The van der Waals surface area contributed by atoms with Crippen LogP contribution in [0.4, 0.5) is 5.69 Å². The quantitative estimate of drug-likeness (QED) is 0.771. The number of benzene rings is 1. The van der Waals surface area contributed by atoms with Crippen LogP contribution in [0.25, 0.3) is 0 Å². The van der Waals surface area contributed by atoms with Crippen molar-refractivity contribution in [2.75, 3.05) is 31.6 Å². The van der Waals surface area contributed by atoms with Crippen LogP contribution in [0.2, 0.25) is 0 Å². The molecular weight excluding hydrogens is 291 g/mol. The second-order valence-electron chi connectivity index (χ2n) is 7.42. The Morgan fingerprint density at radius 3 is 2.09 bits per heavy atom. The van der Waals surface area contributed by atoms with Gasteiger partial charge in [-0.3, -0.25) is 4.79 Å². The molecule has 0 N–H and O–H groups in total. The first-order chi connectivity index (χ1) is 10.7. The zero-order valence-electron chi connectivity index (χ0n) is 14.6. The lowest BCUT2D eigenvalue weighted by molar-refractivity contribution is -0.129. The maximum atomic E-state index is 11.8. The molecule has 0 aliphatic carbocycles. The number of hydrogen-bond donors (Lipinski definition) is 0. The van der Waals surface area contributed by atoms with Crippen LogP contribution in [0.3, 0.4) is 0 Å². The molecule has 0 aromatic heterocycles. The van der Waals surface area contributed by atoms with Gasteiger partial charge in [0, 0.05) is 25.8 Å². The average molecular weight is 316 g/mol. The Morgan fingerprint density at radius 2 is 1.57 bits per heavy atom. The topological polar surface area (TPSA) is 42.0 Å². The zero-order chi connectivity index (χ0) is 16.8. The van der Waals surface area contributed by atoms with Crippen molar-refractivity contribution in [1.29, 1.82) is 0 Å². The monoisotopic (exact) mass is 316 g/mol. The van der Waals surface area contributed by atoms with Crippen LogP contribution in [0.1, 0.15) is 27.7 Å². The van der Waals surface area contributed by atoms with Gasteiger partial charge in [-0.25, -0.2) is 0 Å². The van der Waals surface area contributed by atoms with E-state index in [0.717, 1.165) is 24.2 Å². The molecule has 0 unspecified atom stereocenters. The SMILES string of the molecule is CN1CCN(c2ccc(B3OC(C)(C)C(C)(C)O3)cc2)CC1=O. The molecule has 1 aromatic rings. The van der Waals surface area contributed by atoms with Gasteiger partial charge in [0.2, 0.25) is 5.91 Å². The minimum absolute atomic E-state index is 0.159. The summed E-state index contributed by atoms with van der Waals surface area (Å²) in [7, 11) is 1.50. The smallest absolute Gasteiger partial charge is 0.399 e. The third kappa shape index (κ3) is 2.97. The molecule has 0 radical (unpaired) electrons. The van der Waals surface area contributed by atoms with Crippen molar-refractivity contribution in [2.45, 2.75) is 38.9 Å². The maximum absolute atomic E-state index is 11.8. The molecule has 2 fully saturated rings. The van der Waals surface area contributed by atoms with Gasteiger partial charge in [-0.15, -0.1) is 0 Å². The number of rotatable bonds is 2. The zero-order valence-corrected chi connectivity index (χ0v) is 14.6. The summed E-state index contributed by atoms with van der Waals surface area (Å²) in [6.07, 6.45) is 0. The van der Waals surface area contributed by atoms with E-state index in [4.69, 9.17) is 9.31 Å². The molecule has 0 atom stereocenters. The van der Waals surface area contributed by atoms with Crippen LogP contribution in [-0.4, -0.2) is 55.8 Å². The molecular formula is C17H25BN2O3. The van der Waals surface area contributed by atoms with Gasteiger partial charge in [0.15, 0.2) is 0 Å². The van der Waals surface area contributed by atoms with E-state index in [0.29, 0.717) is 6.54 Å². The predicted octanol–water partition coefficient (Wildman–Crippen LogP) is 1.26. The number of amides is 1. The van der Waals surface area contributed by atoms with Crippen molar-refractivity contribution < 1.29 is 14.1 Å². The Balaban J connectivity index is 1.72. The molecule has 2 aliphatic heterocycles. The number of carbonyl (C=O) groups is 1. The number of piperazine rings is 1. The first-order valence-electron chi connectivity index (χ1n) is 8.14. The number of likely N-dealkylation sites (N-methyl/N-ethyl adjacent to an activating group) is 1. The summed E-state index contributed by atoms with van der Waals surface area (Å²) in [6.45, 7) is 10.3. The Hall–Kier alpha value is -1.53. The van der Waals surface area contributed by atoms with E-state index < -0.39 is 0 Å². The summed E-state index contributed by atoms with van der Waals surface area (Å²) in [4.78, 5) is 15.7. The Bertz CT molecular complexity index is 584. The summed E-state index contributed by atoms with van der Waals surface area (Å²) < 4.78 is 12.1. The molecule has 3 rings (SSSR count). The highest BCUT2D eigenvalue weighted by Crippen LogP contribution is 2.36. The second kappa shape index (κ2) is 5.53. The van der Waals surface area contributed by atoms with E-state index in [1.807, 2.05) is 31.3 Å². The van der Waals surface area contributed by atoms with E-state index in [2.05, 4.69) is 32.6 Å². The maximum Gasteiger partial charge on any atom is 0.494 e. The fourth-order valence-corrected chi connectivity index (χ4v) is 2.80. The highest BCUT2D eigenvalue weighted by Gasteiger charge is 2.51. The van der Waals surface area contributed by atoms with Crippen LogP contribution in [-0.2, 0) is 14.1 Å². The fourth-order valence-electron chi connectivity index (χ4n) is 2.80. The van der Waals surface area contributed by atoms with E-state index in [9.17, 15) is 4.79 Å². The summed E-state index contributed by atoms with van der Waals surface area (Å²) in [5, 5.41) is 0. The molecule has 0 saturated carbocycles. The third-order valence-corrected chi connectivity index (χ3v) is 5.24. The van der Waals surface area contributed by atoms with Gasteiger partial charge in [-0.05, 0) is 45.3 Å². The molecule has 1 aromatic carbocycles. The fraction of sp³-hybridized carbons (Fsp3) is 0.588. The molecule has 1 amide bonds. The normalized spacial score (nSPS) is 23.5. The lowest BCUT2D eigenvalue weighted by Crippen LogP contribution is -2.48. The van der Waals surface area contributed by atoms with Crippen molar-refractivity contribution in [3.63, 3.8) is 0 Å². The van der Waals surface area contributed by atoms with Gasteiger partial charge in [-0.2, -0.15) is 0 Å². The number of carbonyl (C=O) groups excluding carboxylic acids is 1. The van der Waals surface area contributed by atoms with E-state index in [1.165, 1.54) is 0 Å². The lowest BCUT2D eigenvalue weighted by atomic mass is 9.79. The number of nitrogens with zero attached hydrogens (tertiary/aromatic N) is 2. The standard InChI is InChI=1S/C17H25BN2O3/c1-16(2)17(3,4)23-18(22-16)13-6-8-14(9-7-13)20-11-10-19(5)15(21)12-20/h6-9H,10-12H2,1-5H3. The highest BCUT2D eigenvalue weighted by molar-refractivity contribution is 6.62. The minimum Gasteiger partial charge on any atom is -0.399 e. The van der Waals surface area contributed by atoms with Crippen LogP contribution in [0.15, 0.2) is 24.3 Å². The van der Waals surface area contributed by atoms with Crippen LogP contribution in [0.5, 0.6) is 0 Å². The first-order valence-corrected chi connectivity index (χ1v) is 8.14. The molecule has 2 saturated heterocycles. The minimum atomic E-state index is -0.344. The van der Waals surface area contributed by atoms with Gasteiger partial charge in [0.25, 0.3) is 0 Å². The van der Waals surface area contributed by atoms with Crippen molar-refractivity contribution in [3.05, 3.63) is 24.3 Å². The molecule has 6 heteroatoms. The molecule has 5 nitrogen and oxygen atoms in total. The predicted molar refractivity (Wildman–Crippen MR) is 92.0 cm³/mol. The highest BCUT2D eigenvalue weighted by atomic mass is 16.7. The van der Waals surface area contributed by atoms with Crippen LogP contribution >= 0.6 is 0 Å². The largest absolute Gasteiger partial charge is 0.494 e. The van der Waals surface area contributed by atoms with Crippen molar-refractivity contribution >= 4 is 24.2 Å². The Kier molecular flexibility index (Phi) is 3.93. The summed E-state index contributed by atoms with van der Waals surface area (Å²) in [5.74, 6) is 0.159. The summed E-state index contributed by atoms with van der Waals surface area (Å²) >= 11 is 0. The van der Waals surface area contributed by atoms with Gasteiger partial charge in [0.05, 0.1) is 17.7 Å². The first kappa shape index (κ1) is 16.3. The van der Waals surface area contributed by atoms with Gasteiger partial charge in [0.1, 0.15) is 0 Å². The lowest BCUT2D eigenvalue weighted by Gasteiger charge is -2.33. The molecule has 0 bridgehead atoms. The van der Waals surface area contributed by atoms with Crippen molar-refractivity contribution in [3.8, 4) is 0 Å². The molecule has 23 heavy (non-hydrogen) atoms. The Labute approximate surface area is 138 Å². The van der Waals surface area contributed by atoms with E-state index in [-0.39, 0.29) is 24.2 Å². The molecule has 2 aliphatic rings. The van der Waals surface area contributed by atoms with Crippen molar-refractivity contribution in [1.82, 2.24) is 4.90 Å². The van der Waals surface area contributed by atoms with Gasteiger partial charge < -0.3 is 19.1 Å². The van der Waals surface area contributed by atoms with Crippen LogP contribution < -0.4 is 10.4 Å². The number of hydrogen-bond acceptors (Lipinski definition) is 4. The molecule has 0 spiro atoms. The number of anilines is 1. The third-order valence-electron chi connectivity index (χ3n) is 5.24. The average Bonchev–Trinajstić information content (AvgIpc) is 2.71. The Morgan fingerprint density at radius 1 is 1.00 bits per heavy atom.